The Bertz CT molecular complexity index is 608. The predicted molar refractivity (Wildman–Crippen MR) is 89.6 cm³/mol. The number of nitrogens with one attached hydrogen (secondary N) is 1. The van der Waals surface area contributed by atoms with Gasteiger partial charge in [0.25, 0.3) is 5.91 Å². The van der Waals surface area contributed by atoms with E-state index in [1.807, 2.05) is 15.9 Å². The second-order valence-corrected chi connectivity index (χ2v) is 7.44. The normalized spacial score (nSPS) is 22.7. The quantitative estimate of drug-likeness (QED) is 0.923. The molecule has 0 atom stereocenters. The average Bonchev–Trinajstić information content (AvgIpc) is 3.38. The Morgan fingerprint density at radius 3 is 2.29 bits per heavy atom. The van der Waals surface area contributed by atoms with Crippen LogP contribution in [-0.2, 0) is 4.79 Å². The summed E-state index contributed by atoms with van der Waals surface area (Å²) in [5, 5.41) is 7.18. The maximum atomic E-state index is 12.6. The van der Waals surface area contributed by atoms with E-state index in [4.69, 9.17) is 0 Å². The van der Waals surface area contributed by atoms with E-state index in [9.17, 15) is 9.59 Å². The van der Waals surface area contributed by atoms with E-state index in [1.54, 1.807) is 0 Å². The van der Waals surface area contributed by atoms with Crippen LogP contribution in [0.3, 0.4) is 0 Å². The number of hydrogen-bond donors (Lipinski definition) is 1. The molecule has 6 heteroatoms. The molecule has 0 unspecified atom stereocenters. The number of aromatic nitrogens is 2. The van der Waals surface area contributed by atoms with Gasteiger partial charge in [-0.15, -0.1) is 0 Å². The molecule has 2 aliphatic carbocycles. The Morgan fingerprint density at radius 2 is 1.62 bits per heavy atom. The topological polar surface area (TPSA) is 69.3 Å². The number of carbonyl (C=O) groups excluding carboxylic acids is 2. The van der Waals surface area contributed by atoms with Crippen LogP contribution < -0.4 is 0 Å². The van der Waals surface area contributed by atoms with E-state index in [0.717, 1.165) is 18.5 Å². The largest absolute Gasteiger partial charge is 0.339 e. The Labute approximate surface area is 142 Å². The van der Waals surface area contributed by atoms with Crippen molar-refractivity contribution < 1.29 is 9.59 Å². The lowest BCUT2D eigenvalue weighted by Crippen LogP contribution is -2.52. The number of rotatable bonds is 3. The molecule has 2 saturated carbocycles. The minimum absolute atomic E-state index is 0.0112. The van der Waals surface area contributed by atoms with Crippen LogP contribution in [-0.4, -0.2) is 58.0 Å². The van der Waals surface area contributed by atoms with Crippen LogP contribution in [0.4, 0.5) is 0 Å². The van der Waals surface area contributed by atoms with Crippen molar-refractivity contribution in [3.8, 4) is 0 Å². The Morgan fingerprint density at radius 1 is 0.958 bits per heavy atom. The van der Waals surface area contributed by atoms with Crippen LogP contribution in [0.1, 0.15) is 67.0 Å². The maximum absolute atomic E-state index is 12.6. The number of piperazine rings is 1. The number of hydrogen-bond acceptors (Lipinski definition) is 3. The number of aromatic amines is 1. The summed E-state index contributed by atoms with van der Waals surface area (Å²) < 4.78 is 0. The summed E-state index contributed by atoms with van der Waals surface area (Å²) in [6, 6.07) is 1.90. The summed E-state index contributed by atoms with van der Waals surface area (Å²) in [5.74, 6) is 1.08. The zero-order valence-corrected chi connectivity index (χ0v) is 14.2. The fourth-order valence-corrected chi connectivity index (χ4v) is 3.95. The van der Waals surface area contributed by atoms with E-state index in [0.29, 0.717) is 43.7 Å². The van der Waals surface area contributed by atoms with Crippen LogP contribution in [0.5, 0.6) is 0 Å². The van der Waals surface area contributed by atoms with Gasteiger partial charge in [0.05, 0.1) is 0 Å². The highest BCUT2D eigenvalue weighted by atomic mass is 16.2. The molecule has 3 aliphatic rings. The molecule has 1 aromatic heterocycles. The summed E-state index contributed by atoms with van der Waals surface area (Å²) in [6.45, 7) is 2.54. The van der Waals surface area contributed by atoms with Gasteiger partial charge in [-0.2, -0.15) is 5.10 Å². The third-order valence-electron chi connectivity index (χ3n) is 5.67. The van der Waals surface area contributed by atoms with Crippen LogP contribution in [0.2, 0.25) is 0 Å². The first-order valence-electron chi connectivity index (χ1n) is 9.36. The number of H-pyrrole nitrogens is 1. The third-order valence-corrected chi connectivity index (χ3v) is 5.67. The van der Waals surface area contributed by atoms with Crippen LogP contribution in [0, 0.1) is 5.92 Å². The monoisotopic (exact) mass is 330 g/mol. The summed E-state index contributed by atoms with van der Waals surface area (Å²) in [6.07, 6.45) is 8.08. The van der Waals surface area contributed by atoms with Gasteiger partial charge in [0.15, 0.2) is 0 Å². The molecule has 130 valence electrons. The van der Waals surface area contributed by atoms with Crippen molar-refractivity contribution >= 4 is 11.8 Å². The molecule has 0 bridgehead atoms. The minimum atomic E-state index is -0.0112. The van der Waals surface area contributed by atoms with Gasteiger partial charge in [-0.1, -0.05) is 19.3 Å². The van der Waals surface area contributed by atoms with Crippen LogP contribution in [0.25, 0.3) is 0 Å². The first-order chi connectivity index (χ1) is 11.7. The van der Waals surface area contributed by atoms with Gasteiger partial charge >= 0.3 is 0 Å². The van der Waals surface area contributed by atoms with Crippen molar-refractivity contribution in [1.82, 2.24) is 20.0 Å². The van der Waals surface area contributed by atoms with Crippen LogP contribution in [0.15, 0.2) is 6.07 Å². The van der Waals surface area contributed by atoms with Gasteiger partial charge in [0, 0.05) is 43.7 Å². The molecule has 1 N–H and O–H groups in total. The highest BCUT2D eigenvalue weighted by molar-refractivity contribution is 5.92. The van der Waals surface area contributed by atoms with Crippen molar-refractivity contribution in [2.75, 3.05) is 26.2 Å². The average molecular weight is 330 g/mol. The molecule has 1 saturated heterocycles. The fraction of sp³-hybridized carbons (Fsp3) is 0.722. The summed E-state index contributed by atoms with van der Waals surface area (Å²) >= 11 is 0. The molecule has 0 aromatic carbocycles. The lowest BCUT2D eigenvalue weighted by Gasteiger charge is -2.36. The van der Waals surface area contributed by atoms with Crippen molar-refractivity contribution in [3.05, 3.63) is 17.5 Å². The van der Waals surface area contributed by atoms with Crippen molar-refractivity contribution in [2.45, 2.75) is 50.9 Å². The van der Waals surface area contributed by atoms with E-state index in [1.165, 1.54) is 32.1 Å². The smallest absolute Gasteiger partial charge is 0.274 e. The van der Waals surface area contributed by atoms with Crippen molar-refractivity contribution in [2.24, 2.45) is 5.92 Å². The lowest BCUT2D eigenvalue weighted by atomic mass is 9.88. The van der Waals surface area contributed by atoms with Gasteiger partial charge in [0.2, 0.25) is 5.91 Å². The van der Waals surface area contributed by atoms with Crippen molar-refractivity contribution in [1.29, 1.82) is 0 Å². The summed E-state index contributed by atoms with van der Waals surface area (Å²) in [5.41, 5.74) is 1.61. The van der Waals surface area contributed by atoms with Gasteiger partial charge in [-0.3, -0.25) is 14.7 Å². The molecule has 1 aromatic rings. The Kier molecular flexibility index (Phi) is 4.29. The first kappa shape index (κ1) is 15.7. The molecular formula is C18H26N4O2. The third kappa shape index (κ3) is 3.19. The highest BCUT2D eigenvalue weighted by Gasteiger charge is 2.31. The van der Waals surface area contributed by atoms with Crippen LogP contribution >= 0.6 is 0 Å². The van der Waals surface area contributed by atoms with E-state index in [2.05, 4.69) is 10.2 Å². The lowest BCUT2D eigenvalue weighted by molar-refractivity contribution is -0.138. The zero-order chi connectivity index (χ0) is 16.5. The molecular weight excluding hydrogens is 304 g/mol. The molecule has 1 aliphatic heterocycles. The molecule has 0 spiro atoms. The number of carbonyl (C=O) groups is 2. The summed E-state index contributed by atoms with van der Waals surface area (Å²) in [4.78, 5) is 29.0. The minimum Gasteiger partial charge on any atom is -0.339 e. The highest BCUT2D eigenvalue weighted by Crippen LogP contribution is 2.39. The van der Waals surface area contributed by atoms with Crippen molar-refractivity contribution in [3.63, 3.8) is 0 Å². The molecule has 2 heterocycles. The molecule has 6 nitrogen and oxygen atoms in total. The van der Waals surface area contributed by atoms with E-state index >= 15 is 0 Å². The van der Waals surface area contributed by atoms with Gasteiger partial charge < -0.3 is 9.80 Å². The van der Waals surface area contributed by atoms with Gasteiger partial charge in [-0.25, -0.2) is 0 Å². The predicted octanol–water partition coefficient (Wildman–Crippen LogP) is 2.15. The van der Waals surface area contributed by atoms with Gasteiger partial charge in [-0.05, 0) is 31.7 Å². The Balaban J connectivity index is 1.31. The summed E-state index contributed by atoms with van der Waals surface area (Å²) in [7, 11) is 0. The second kappa shape index (κ2) is 6.57. The molecule has 4 rings (SSSR count). The second-order valence-electron chi connectivity index (χ2n) is 7.44. The Hall–Kier alpha value is -1.85. The maximum Gasteiger partial charge on any atom is 0.274 e. The fourth-order valence-electron chi connectivity index (χ4n) is 3.95. The van der Waals surface area contributed by atoms with E-state index in [-0.39, 0.29) is 11.8 Å². The molecule has 0 radical (unpaired) electrons. The molecule has 2 amide bonds. The molecule has 24 heavy (non-hydrogen) atoms. The van der Waals surface area contributed by atoms with E-state index < -0.39 is 0 Å². The first-order valence-corrected chi connectivity index (χ1v) is 9.36. The SMILES string of the molecule is O=C(c1cc(C2CC2)[nH]n1)N1CCN(C(=O)C2CCCCC2)CC1. The van der Waals surface area contributed by atoms with Gasteiger partial charge in [0.1, 0.15) is 5.69 Å². The number of nitrogens with zero attached hydrogens (tertiary/aromatic N) is 3. The standard InChI is InChI=1S/C18H26N4O2/c23-17(14-4-2-1-3-5-14)21-8-10-22(11-9-21)18(24)16-12-15(19-20-16)13-6-7-13/h12-14H,1-11H2,(H,19,20). The zero-order valence-electron chi connectivity index (χ0n) is 14.2. The molecule has 3 fully saturated rings. The number of amides is 2.